The summed E-state index contributed by atoms with van der Waals surface area (Å²) >= 11 is 1.94. The van der Waals surface area contributed by atoms with Crippen molar-refractivity contribution in [2.45, 2.75) is 89.8 Å². The Morgan fingerprint density at radius 3 is 2.26 bits per heavy atom. The van der Waals surface area contributed by atoms with E-state index in [-0.39, 0.29) is 12.1 Å². The number of carbonyl (C=O) groups excluding carboxylic acids is 1. The number of carbonyl (C=O) groups is 1. The molecule has 0 spiro atoms. The Kier molecular flexibility index (Phi) is 10.0. The van der Waals surface area contributed by atoms with Crippen LogP contribution in [0.5, 0.6) is 0 Å². The van der Waals surface area contributed by atoms with Gasteiger partial charge in [0.25, 0.3) is 0 Å². The average Bonchev–Trinajstić information content (AvgIpc) is 2.46. The lowest BCUT2D eigenvalue weighted by Crippen LogP contribution is -2.44. The third kappa shape index (κ3) is 10.9. The van der Waals surface area contributed by atoms with Gasteiger partial charge in [0.2, 0.25) is 0 Å². The third-order valence-corrected chi connectivity index (χ3v) is 4.85. The SMILES string of the molecule is CSCCCCCCNC1CCC(NC(=O)OC(C)(C)C)CC1. The van der Waals surface area contributed by atoms with Gasteiger partial charge in [-0.2, -0.15) is 11.8 Å². The third-order valence-electron chi connectivity index (χ3n) is 4.16. The number of hydrogen-bond acceptors (Lipinski definition) is 4. The Hall–Kier alpha value is -0.420. The first-order valence-corrected chi connectivity index (χ1v) is 10.5. The van der Waals surface area contributed by atoms with Gasteiger partial charge in [-0.25, -0.2) is 4.79 Å². The van der Waals surface area contributed by atoms with Crippen molar-refractivity contribution in [3.63, 3.8) is 0 Å². The summed E-state index contributed by atoms with van der Waals surface area (Å²) in [5.41, 5.74) is -0.418. The quantitative estimate of drug-likeness (QED) is 0.611. The maximum Gasteiger partial charge on any atom is 0.407 e. The van der Waals surface area contributed by atoms with Crippen LogP contribution in [0.25, 0.3) is 0 Å². The van der Waals surface area contributed by atoms with Gasteiger partial charge in [-0.05, 0) is 77.8 Å². The molecule has 4 nitrogen and oxygen atoms in total. The highest BCUT2D eigenvalue weighted by Gasteiger charge is 2.24. The molecule has 0 aliphatic heterocycles. The molecule has 0 heterocycles. The number of thioether (sulfide) groups is 1. The Morgan fingerprint density at radius 1 is 1.04 bits per heavy atom. The molecule has 1 saturated carbocycles. The summed E-state index contributed by atoms with van der Waals surface area (Å²) in [6.07, 6.45) is 11.6. The summed E-state index contributed by atoms with van der Waals surface area (Å²) in [6.45, 7) is 6.82. The van der Waals surface area contributed by atoms with E-state index >= 15 is 0 Å². The van der Waals surface area contributed by atoms with Crippen molar-refractivity contribution in [1.82, 2.24) is 10.6 Å². The Balaban J connectivity index is 2.03. The highest BCUT2D eigenvalue weighted by atomic mass is 32.2. The molecule has 0 atom stereocenters. The zero-order chi connectivity index (χ0) is 17.1. The van der Waals surface area contributed by atoms with Crippen molar-refractivity contribution in [1.29, 1.82) is 0 Å². The van der Waals surface area contributed by atoms with Gasteiger partial charge in [-0.15, -0.1) is 0 Å². The summed E-state index contributed by atoms with van der Waals surface area (Å²) in [5.74, 6) is 1.29. The molecule has 0 aromatic carbocycles. The molecule has 0 unspecified atom stereocenters. The molecule has 0 aromatic heterocycles. The minimum Gasteiger partial charge on any atom is -0.444 e. The normalized spacial score (nSPS) is 21.9. The first-order chi connectivity index (χ1) is 10.9. The van der Waals surface area contributed by atoms with Gasteiger partial charge in [0, 0.05) is 12.1 Å². The van der Waals surface area contributed by atoms with Crippen molar-refractivity contribution in [2.24, 2.45) is 0 Å². The van der Waals surface area contributed by atoms with E-state index in [0.717, 1.165) is 32.2 Å². The van der Waals surface area contributed by atoms with Crippen LogP contribution in [0.15, 0.2) is 0 Å². The minimum absolute atomic E-state index is 0.273. The summed E-state index contributed by atoms with van der Waals surface area (Å²) in [5, 5.41) is 6.68. The van der Waals surface area contributed by atoms with Gasteiger partial charge >= 0.3 is 6.09 Å². The molecule has 5 heteroatoms. The fourth-order valence-corrected chi connectivity index (χ4v) is 3.44. The molecule has 1 fully saturated rings. The molecule has 0 radical (unpaired) electrons. The highest BCUT2D eigenvalue weighted by Crippen LogP contribution is 2.19. The number of alkyl carbamates (subject to hydrolysis) is 1. The zero-order valence-electron chi connectivity index (χ0n) is 15.5. The number of amides is 1. The molecule has 1 aliphatic carbocycles. The van der Waals surface area contributed by atoms with Gasteiger partial charge in [-0.1, -0.05) is 12.8 Å². The van der Waals surface area contributed by atoms with E-state index in [9.17, 15) is 4.79 Å². The van der Waals surface area contributed by atoms with Crippen molar-refractivity contribution < 1.29 is 9.53 Å². The summed E-state index contributed by atoms with van der Waals surface area (Å²) in [7, 11) is 0. The predicted molar refractivity (Wildman–Crippen MR) is 100 cm³/mol. The lowest BCUT2D eigenvalue weighted by atomic mass is 9.91. The van der Waals surface area contributed by atoms with Crippen LogP contribution in [-0.2, 0) is 4.74 Å². The van der Waals surface area contributed by atoms with Crippen LogP contribution in [0.2, 0.25) is 0 Å². The second-order valence-electron chi connectivity index (χ2n) is 7.56. The summed E-state index contributed by atoms with van der Waals surface area (Å²) in [6, 6.07) is 0.896. The predicted octanol–water partition coefficient (Wildman–Crippen LogP) is 4.34. The Bertz CT molecular complexity index is 323. The Labute approximate surface area is 146 Å². The van der Waals surface area contributed by atoms with Crippen LogP contribution in [-0.4, -0.2) is 42.3 Å². The fraction of sp³-hybridized carbons (Fsp3) is 0.944. The van der Waals surface area contributed by atoms with Crippen LogP contribution in [0, 0.1) is 0 Å². The molecule has 0 saturated heterocycles. The minimum atomic E-state index is -0.418. The van der Waals surface area contributed by atoms with Crippen LogP contribution in [0.3, 0.4) is 0 Å². The molecule has 1 amide bonds. The number of ether oxygens (including phenoxy) is 1. The van der Waals surface area contributed by atoms with E-state index in [4.69, 9.17) is 4.74 Å². The molecular weight excluding hydrogens is 308 g/mol. The first-order valence-electron chi connectivity index (χ1n) is 9.12. The molecule has 23 heavy (non-hydrogen) atoms. The molecule has 1 rings (SSSR count). The van der Waals surface area contributed by atoms with E-state index in [0.29, 0.717) is 6.04 Å². The van der Waals surface area contributed by atoms with Crippen molar-refractivity contribution in [3.05, 3.63) is 0 Å². The van der Waals surface area contributed by atoms with Crippen LogP contribution in [0.1, 0.15) is 72.1 Å². The van der Waals surface area contributed by atoms with Gasteiger partial charge in [0.1, 0.15) is 5.60 Å². The van der Waals surface area contributed by atoms with Crippen LogP contribution >= 0.6 is 11.8 Å². The van der Waals surface area contributed by atoms with E-state index < -0.39 is 5.60 Å². The topological polar surface area (TPSA) is 50.4 Å². The lowest BCUT2D eigenvalue weighted by Gasteiger charge is -2.30. The summed E-state index contributed by atoms with van der Waals surface area (Å²) < 4.78 is 5.32. The van der Waals surface area contributed by atoms with Crippen molar-refractivity contribution >= 4 is 17.9 Å². The standard InChI is InChI=1S/C18H36N2O2S/c1-18(2,3)22-17(21)20-16-11-9-15(10-12-16)19-13-7-5-6-8-14-23-4/h15-16,19H,5-14H2,1-4H3,(H,20,21). The van der Waals surface area contributed by atoms with E-state index in [1.807, 2.05) is 32.5 Å². The van der Waals surface area contributed by atoms with E-state index in [2.05, 4.69) is 16.9 Å². The maximum absolute atomic E-state index is 11.8. The molecule has 0 bridgehead atoms. The smallest absolute Gasteiger partial charge is 0.407 e. The molecule has 2 N–H and O–H groups in total. The number of rotatable bonds is 9. The van der Waals surface area contributed by atoms with Crippen LogP contribution in [0.4, 0.5) is 4.79 Å². The molecule has 1 aliphatic rings. The van der Waals surface area contributed by atoms with Gasteiger partial charge in [-0.3, -0.25) is 0 Å². The van der Waals surface area contributed by atoms with E-state index in [1.165, 1.54) is 31.4 Å². The first kappa shape index (κ1) is 20.6. The number of hydrogen-bond donors (Lipinski definition) is 2. The second-order valence-corrected chi connectivity index (χ2v) is 8.54. The second kappa shape index (κ2) is 11.2. The van der Waals surface area contributed by atoms with Crippen LogP contribution < -0.4 is 10.6 Å². The average molecular weight is 345 g/mol. The highest BCUT2D eigenvalue weighted by molar-refractivity contribution is 7.98. The largest absolute Gasteiger partial charge is 0.444 e. The number of unbranched alkanes of at least 4 members (excludes halogenated alkanes) is 3. The lowest BCUT2D eigenvalue weighted by molar-refractivity contribution is 0.0490. The fourth-order valence-electron chi connectivity index (χ4n) is 2.95. The van der Waals surface area contributed by atoms with Gasteiger partial charge in [0.05, 0.1) is 0 Å². The monoisotopic (exact) mass is 344 g/mol. The summed E-state index contributed by atoms with van der Waals surface area (Å²) in [4.78, 5) is 11.8. The van der Waals surface area contributed by atoms with Crippen molar-refractivity contribution in [2.75, 3.05) is 18.6 Å². The molecule has 0 aromatic rings. The van der Waals surface area contributed by atoms with Crippen molar-refractivity contribution in [3.8, 4) is 0 Å². The van der Waals surface area contributed by atoms with Gasteiger partial charge in [0.15, 0.2) is 0 Å². The Morgan fingerprint density at radius 2 is 1.65 bits per heavy atom. The maximum atomic E-state index is 11.8. The molecule has 136 valence electrons. The van der Waals surface area contributed by atoms with E-state index in [1.54, 1.807) is 0 Å². The zero-order valence-corrected chi connectivity index (χ0v) is 16.3. The van der Waals surface area contributed by atoms with Gasteiger partial charge < -0.3 is 15.4 Å². The number of nitrogens with one attached hydrogen (secondary N) is 2. The molecular formula is C18H36N2O2S.